The number of carbonyl (C=O) groups is 2. The maximum atomic E-state index is 12.1. The van der Waals surface area contributed by atoms with Crippen LogP contribution in [0.25, 0.3) is 0 Å². The number of nitrogens with one attached hydrogen (secondary N) is 1. The molecule has 1 amide bonds. The maximum Gasteiger partial charge on any atom is 0.472 e. The summed E-state index contributed by atoms with van der Waals surface area (Å²) in [6.07, 6.45) is 58.3. The van der Waals surface area contributed by atoms with Gasteiger partial charge in [-0.1, -0.05) is 177 Å². The van der Waals surface area contributed by atoms with Crippen LogP contribution in [-0.2, 0) is 27.9 Å². The predicted molar refractivity (Wildman–Crippen MR) is 256 cm³/mol. The summed E-state index contributed by atoms with van der Waals surface area (Å²) in [5.74, 6) is -0.538. The van der Waals surface area contributed by atoms with Crippen LogP contribution in [0.2, 0.25) is 0 Å². The van der Waals surface area contributed by atoms with E-state index in [0.29, 0.717) is 6.42 Å². The average molecular weight is 876 g/mol. The number of allylic oxidation sites excluding steroid dienone is 12. The van der Waals surface area contributed by atoms with Crippen LogP contribution in [0.4, 0.5) is 0 Å². The van der Waals surface area contributed by atoms with Crippen molar-refractivity contribution in [1.82, 2.24) is 5.32 Å². The van der Waals surface area contributed by atoms with Crippen LogP contribution in [0.1, 0.15) is 206 Å². The lowest BCUT2D eigenvalue weighted by molar-refractivity contribution is -0.147. The zero-order valence-electron chi connectivity index (χ0n) is 38.8. The number of ether oxygens (including phenoxy) is 1. The van der Waals surface area contributed by atoms with Crippen molar-refractivity contribution < 1.29 is 37.9 Å². The minimum absolute atomic E-state index is 0.0723. The Balaban J connectivity index is 3.62. The van der Waals surface area contributed by atoms with Crippen molar-refractivity contribution in [2.45, 2.75) is 213 Å². The molecule has 0 heterocycles. The number of carbonyl (C=O) groups excluding carboxylic acids is 2. The second kappa shape index (κ2) is 46.9. The molecule has 2 unspecified atom stereocenters. The Morgan fingerprint density at radius 3 is 1.33 bits per heavy atom. The molecule has 0 rings (SSSR count). The number of aliphatic hydroxyl groups excluding tert-OH is 1. The highest BCUT2D eigenvalue weighted by molar-refractivity contribution is 7.47. The molecule has 0 saturated heterocycles. The Morgan fingerprint density at radius 1 is 0.508 bits per heavy atom. The van der Waals surface area contributed by atoms with Crippen LogP contribution in [0.5, 0.6) is 0 Å². The number of aliphatic hydroxyl groups is 1. The smallest absolute Gasteiger partial charge is 0.463 e. The first-order valence-corrected chi connectivity index (χ1v) is 25.9. The first-order valence-electron chi connectivity index (χ1n) is 24.4. The number of hydrogen-bond donors (Lipinski definition) is 3. The molecule has 0 aromatic rings. The molecule has 0 aliphatic heterocycles. The molecule has 9 nitrogen and oxygen atoms in total. The zero-order valence-corrected chi connectivity index (χ0v) is 39.7. The van der Waals surface area contributed by atoms with Gasteiger partial charge in [0.15, 0.2) is 0 Å². The molecule has 0 spiro atoms. The molecule has 0 saturated carbocycles. The van der Waals surface area contributed by atoms with Crippen molar-refractivity contribution in [2.24, 2.45) is 0 Å². The summed E-state index contributed by atoms with van der Waals surface area (Å²) >= 11 is 0. The molecular formula is C51H90NO8P. The molecule has 0 aliphatic carbocycles. The van der Waals surface area contributed by atoms with Crippen LogP contribution >= 0.6 is 7.82 Å². The predicted octanol–water partition coefficient (Wildman–Crippen LogP) is 14.2. The summed E-state index contributed by atoms with van der Waals surface area (Å²) in [5.41, 5.74) is 0. The van der Waals surface area contributed by atoms with Crippen LogP contribution < -0.4 is 5.32 Å². The van der Waals surface area contributed by atoms with Crippen molar-refractivity contribution in [2.75, 3.05) is 26.4 Å². The van der Waals surface area contributed by atoms with Crippen molar-refractivity contribution in [1.29, 1.82) is 0 Å². The SMILES string of the molecule is CCCCC/C=C\C/C=C\C/C=C\CCCCCCCCCCC(=O)NCCOP(=O)(O)OCC(O)COC(=O)CCCCCCCC/C=C\C/C=C\C/C=C\CCCCC. The molecule has 0 bridgehead atoms. The molecule has 3 N–H and O–H groups in total. The summed E-state index contributed by atoms with van der Waals surface area (Å²) in [7, 11) is -4.43. The van der Waals surface area contributed by atoms with Gasteiger partial charge in [-0.25, -0.2) is 4.57 Å². The van der Waals surface area contributed by atoms with Crippen LogP contribution in [0, 0.1) is 0 Å². The van der Waals surface area contributed by atoms with E-state index in [1.165, 1.54) is 96.3 Å². The number of esters is 1. The Hall–Kier alpha value is -2.55. The third-order valence-corrected chi connectivity index (χ3v) is 11.1. The number of rotatable bonds is 45. The van der Waals surface area contributed by atoms with E-state index in [-0.39, 0.29) is 32.1 Å². The third-order valence-electron chi connectivity index (χ3n) is 10.1. The first-order chi connectivity index (χ1) is 29.8. The molecule has 0 fully saturated rings. The lowest BCUT2D eigenvalue weighted by atomic mass is 10.1. The molecule has 0 aromatic heterocycles. The zero-order chi connectivity index (χ0) is 44.6. The highest BCUT2D eigenvalue weighted by Gasteiger charge is 2.23. The minimum Gasteiger partial charge on any atom is -0.463 e. The van der Waals surface area contributed by atoms with E-state index in [0.717, 1.165) is 83.5 Å². The fraction of sp³-hybridized carbons (Fsp3) is 0.725. The van der Waals surface area contributed by atoms with Gasteiger partial charge >= 0.3 is 13.8 Å². The highest BCUT2D eigenvalue weighted by Crippen LogP contribution is 2.42. The van der Waals surface area contributed by atoms with E-state index in [1.54, 1.807) is 0 Å². The number of amides is 1. The van der Waals surface area contributed by atoms with Crippen molar-refractivity contribution in [3.8, 4) is 0 Å². The third kappa shape index (κ3) is 48.3. The average Bonchev–Trinajstić information content (AvgIpc) is 3.25. The van der Waals surface area contributed by atoms with Gasteiger partial charge in [0.1, 0.15) is 12.7 Å². The van der Waals surface area contributed by atoms with Crippen LogP contribution in [-0.4, -0.2) is 54.3 Å². The largest absolute Gasteiger partial charge is 0.472 e. The van der Waals surface area contributed by atoms with Gasteiger partial charge in [-0.05, 0) is 89.9 Å². The monoisotopic (exact) mass is 876 g/mol. The Bertz CT molecular complexity index is 1230. The lowest BCUT2D eigenvalue weighted by Gasteiger charge is -2.15. The van der Waals surface area contributed by atoms with E-state index >= 15 is 0 Å². The highest BCUT2D eigenvalue weighted by atomic mass is 31.2. The molecular weight excluding hydrogens is 786 g/mol. The van der Waals surface area contributed by atoms with Gasteiger partial charge in [0, 0.05) is 19.4 Å². The van der Waals surface area contributed by atoms with Crippen LogP contribution in [0.15, 0.2) is 72.9 Å². The van der Waals surface area contributed by atoms with Gasteiger partial charge in [0.2, 0.25) is 5.91 Å². The quantitative estimate of drug-likeness (QED) is 0.0239. The summed E-state index contributed by atoms with van der Waals surface area (Å²) < 4.78 is 26.9. The summed E-state index contributed by atoms with van der Waals surface area (Å²) in [6, 6.07) is 0. The van der Waals surface area contributed by atoms with Gasteiger partial charge in [-0.15, -0.1) is 0 Å². The van der Waals surface area contributed by atoms with E-state index in [4.69, 9.17) is 13.8 Å². The molecule has 0 aliphatic rings. The van der Waals surface area contributed by atoms with Gasteiger partial charge in [0.05, 0.1) is 13.2 Å². The standard InChI is InChI=1S/C51H90NO8P/c1-3-5-7-9-11-13-15-17-19-21-23-24-26-27-29-31-33-35-37-39-41-43-50(54)52-45-46-59-61(56,57)60-48-49(53)47-58-51(55)44-42-40-38-36-34-32-30-28-25-22-20-18-16-14-12-10-8-6-4-2/h11-14,17-20,23-25,28,49,53H,3-10,15-16,21-22,26-27,29-48H2,1-2H3,(H,52,54)(H,56,57)/b13-11-,14-12-,19-17-,20-18-,24-23-,28-25-. The van der Waals surface area contributed by atoms with Gasteiger partial charge in [0.25, 0.3) is 0 Å². The Morgan fingerprint density at radius 2 is 0.885 bits per heavy atom. The molecule has 2 atom stereocenters. The maximum absolute atomic E-state index is 12.1. The summed E-state index contributed by atoms with van der Waals surface area (Å²) in [6.45, 7) is 3.48. The minimum atomic E-state index is -4.43. The molecule has 0 aromatic carbocycles. The Kier molecular flexibility index (Phi) is 45.0. The lowest BCUT2D eigenvalue weighted by Crippen LogP contribution is -2.27. The normalized spacial score (nSPS) is 13.8. The van der Waals surface area contributed by atoms with E-state index < -0.39 is 26.5 Å². The number of hydrogen-bond acceptors (Lipinski definition) is 7. The van der Waals surface area contributed by atoms with Gasteiger partial charge in [-0.2, -0.15) is 0 Å². The van der Waals surface area contributed by atoms with Crippen molar-refractivity contribution >= 4 is 19.7 Å². The molecule has 352 valence electrons. The Labute approximate surface area is 373 Å². The first kappa shape index (κ1) is 58.5. The number of phosphoric ester groups is 1. The number of unbranched alkanes of at least 4 members (excludes halogenated alkanes) is 20. The fourth-order valence-corrected chi connectivity index (χ4v) is 7.15. The second-order valence-electron chi connectivity index (χ2n) is 16.1. The van der Waals surface area contributed by atoms with E-state index in [2.05, 4.69) is 92.1 Å². The van der Waals surface area contributed by atoms with Crippen molar-refractivity contribution in [3.63, 3.8) is 0 Å². The fourth-order valence-electron chi connectivity index (χ4n) is 6.39. The van der Waals surface area contributed by atoms with E-state index in [1.807, 2.05) is 0 Å². The molecule has 61 heavy (non-hydrogen) atoms. The summed E-state index contributed by atoms with van der Waals surface area (Å²) in [4.78, 5) is 34.0. The van der Waals surface area contributed by atoms with Crippen LogP contribution in [0.3, 0.4) is 0 Å². The second-order valence-corrected chi connectivity index (χ2v) is 17.5. The van der Waals surface area contributed by atoms with Crippen molar-refractivity contribution in [3.05, 3.63) is 72.9 Å². The molecule has 10 heteroatoms. The van der Waals surface area contributed by atoms with Gasteiger partial charge < -0.3 is 20.1 Å². The number of phosphoric acid groups is 1. The van der Waals surface area contributed by atoms with Gasteiger partial charge in [-0.3, -0.25) is 18.6 Å². The topological polar surface area (TPSA) is 131 Å². The summed E-state index contributed by atoms with van der Waals surface area (Å²) in [5, 5.41) is 12.7. The molecule has 0 radical (unpaired) electrons. The van der Waals surface area contributed by atoms with E-state index in [9.17, 15) is 24.2 Å².